The number of nitrogens with zero attached hydrogens (tertiary/aromatic N) is 1. The van der Waals surface area contributed by atoms with Gasteiger partial charge in [-0.1, -0.05) is 0 Å². The molecular weight excluding hydrogens is 276 g/mol. The van der Waals surface area contributed by atoms with Gasteiger partial charge in [0.1, 0.15) is 0 Å². The molecule has 0 aliphatic heterocycles. The van der Waals surface area contributed by atoms with Crippen LogP contribution < -0.4 is 4.98 Å². The third-order valence-electron chi connectivity index (χ3n) is 2.95. The summed E-state index contributed by atoms with van der Waals surface area (Å²) in [5, 5.41) is 41.3. The first-order valence-electron chi connectivity index (χ1n) is 5.98. The standard InChI is InChI=1S/C14H10N2O5/c17-9-3-1-7(5-11(9)19)13-15-14(21-16-13)8-2-4-10(18)12(20)6-8/h1-6,17-20H/p+1. The Morgan fingerprint density at radius 3 is 1.95 bits per heavy atom. The van der Waals surface area contributed by atoms with Crippen LogP contribution in [-0.2, 0) is 0 Å². The topological polar surface area (TPSA) is 121 Å². The summed E-state index contributed by atoms with van der Waals surface area (Å²) in [6.07, 6.45) is 0. The third-order valence-corrected chi connectivity index (χ3v) is 2.95. The van der Waals surface area contributed by atoms with E-state index in [0.717, 1.165) is 0 Å². The zero-order valence-corrected chi connectivity index (χ0v) is 10.6. The van der Waals surface area contributed by atoms with Crippen LogP contribution in [0.25, 0.3) is 22.8 Å². The van der Waals surface area contributed by atoms with Crippen molar-refractivity contribution >= 4 is 0 Å². The van der Waals surface area contributed by atoms with Gasteiger partial charge in [0.25, 0.3) is 0 Å². The molecule has 21 heavy (non-hydrogen) atoms. The Bertz CT molecular complexity index is 747. The summed E-state index contributed by atoms with van der Waals surface area (Å²) >= 11 is 0. The number of aromatic hydroxyl groups is 4. The van der Waals surface area contributed by atoms with E-state index >= 15 is 0 Å². The number of hydrogen-bond acceptors (Lipinski definition) is 6. The number of aromatic amines is 1. The summed E-state index contributed by atoms with van der Waals surface area (Å²) in [5.74, 6) is -0.401. The van der Waals surface area contributed by atoms with Gasteiger partial charge in [0.15, 0.2) is 28.2 Å². The van der Waals surface area contributed by atoms with E-state index in [-0.39, 0.29) is 28.9 Å². The lowest BCUT2D eigenvalue weighted by atomic mass is 10.2. The molecular formula is C14H11N2O5+. The maximum atomic E-state index is 9.47. The summed E-state index contributed by atoms with van der Waals surface area (Å²) in [5.41, 5.74) is 1.01. The van der Waals surface area contributed by atoms with Crippen molar-refractivity contribution in [3.8, 4) is 45.8 Å². The lowest BCUT2D eigenvalue weighted by molar-refractivity contribution is -0.356. The van der Waals surface area contributed by atoms with Gasteiger partial charge in [-0.2, -0.15) is 4.98 Å². The van der Waals surface area contributed by atoms with E-state index in [2.05, 4.69) is 10.1 Å². The highest BCUT2D eigenvalue weighted by molar-refractivity contribution is 5.60. The minimum atomic E-state index is -0.277. The van der Waals surface area contributed by atoms with Crippen LogP contribution in [0.3, 0.4) is 0 Å². The Kier molecular flexibility index (Phi) is 2.87. The maximum absolute atomic E-state index is 9.47. The first-order chi connectivity index (χ1) is 10.0. The maximum Gasteiger partial charge on any atom is 0.378 e. The van der Waals surface area contributed by atoms with E-state index in [9.17, 15) is 20.4 Å². The van der Waals surface area contributed by atoms with Crippen LogP contribution in [0.5, 0.6) is 23.0 Å². The SMILES string of the molecule is Oc1ccc(-c2noc(-c3ccc(O)c(O)c3)[nH+]2)cc1O. The highest BCUT2D eigenvalue weighted by Gasteiger charge is 2.20. The molecule has 106 valence electrons. The highest BCUT2D eigenvalue weighted by atomic mass is 16.5. The number of H-pyrrole nitrogens is 1. The number of benzene rings is 2. The molecule has 7 nitrogen and oxygen atoms in total. The summed E-state index contributed by atoms with van der Waals surface area (Å²) in [6.45, 7) is 0. The molecule has 3 rings (SSSR count). The summed E-state index contributed by atoms with van der Waals surface area (Å²) < 4.78 is 5.13. The van der Waals surface area contributed by atoms with Crippen LogP contribution in [-0.4, -0.2) is 25.6 Å². The molecule has 0 bridgehead atoms. The van der Waals surface area contributed by atoms with Crippen LogP contribution >= 0.6 is 0 Å². The second-order valence-electron chi connectivity index (χ2n) is 4.39. The molecule has 0 atom stereocenters. The normalized spacial score (nSPS) is 10.7. The van der Waals surface area contributed by atoms with Crippen LogP contribution in [0.4, 0.5) is 0 Å². The summed E-state index contributed by atoms with van der Waals surface area (Å²) in [4.78, 5) is 2.88. The molecule has 0 amide bonds. The van der Waals surface area contributed by atoms with Crippen LogP contribution in [0.15, 0.2) is 40.9 Å². The largest absolute Gasteiger partial charge is 0.504 e. The summed E-state index contributed by atoms with van der Waals surface area (Å²) in [6, 6.07) is 8.42. The molecule has 0 unspecified atom stereocenters. The van der Waals surface area contributed by atoms with Crippen LogP contribution in [0.1, 0.15) is 0 Å². The van der Waals surface area contributed by atoms with Crippen LogP contribution in [0, 0.1) is 0 Å². The van der Waals surface area contributed by atoms with Crippen molar-refractivity contribution in [2.45, 2.75) is 0 Å². The molecule has 5 N–H and O–H groups in total. The molecule has 3 aromatic rings. The van der Waals surface area contributed by atoms with Crippen molar-refractivity contribution in [2.75, 3.05) is 0 Å². The van der Waals surface area contributed by atoms with E-state index in [4.69, 9.17) is 4.52 Å². The number of aromatic nitrogens is 2. The molecule has 7 heteroatoms. The average molecular weight is 287 g/mol. The molecule has 0 saturated carbocycles. The molecule has 2 aromatic carbocycles. The number of rotatable bonds is 2. The molecule has 0 aliphatic rings. The van der Waals surface area contributed by atoms with Crippen molar-refractivity contribution in [2.24, 2.45) is 0 Å². The lowest BCUT2D eigenvalue weighted by Gasteiger charge is -1.97. The zero-order valence-electron chi connectivity index (χ0n) is 10.6. The zero-order chi connectivity index (χ0) is 15.0. The van der Waals surface area contributed by atoms with E-state index in [1.165, 1.54) is 24.3 Å². The second kappa shape index (κ2) is 4.71. The van der Waals surface area contributed by atoms with Crippen LogP contribution in [0.2, 0.25) is 0 Å². The van der Waals surface area contributed by atoms with Crippen molar-refractivity contribution in [1.82, 2.24) is 5.16 Å². The Morgan fingerprint density at radius 1 is 0.762 bits per heavy atom. The molecule has 1 aromatic heterocycles. The molecule has 0 spiro atoms. The van der Waals surface area contributed by atoms with Crippen molar-refractivity contribution in [3.05, 3.63) is 36.4 Å². The van der Waals surface area contributed by atoms with E-state index in [1.54, 1.807) is 12.1 Å². The molecule has 0 aliphatic carbocycles. The van der Waals surface area contributed by atoms with Gasteiger partial charge in [-0.25, -0.2) is 4.52 Å². The van der Waals surface area contributed by atoms with E-state index in [1.807, 2.05) is 0 Å². The van der Waals surface area contributed by atoms with Gasteiger partial charge in [-0.3, -0.25) is 0 Å². The predicted molar refractivity (Wildman–Crippen MR) is 70.6 cm³/mol. The van der Waals surface area contributed by atoms with Gasteiger partial charge in [-0.15, -0.1) is 0 Å². The molecule has 0 radical (unpaired) electrons. The third kappa shape index (κ3) is 2.32. The number of phenols is 4. The minimum absolute atomic E-state index is 0.231. The fourth-order valence-corrected chi connectivity index (χ4v) is 1.83. The quantitative estimate of drug-likeness (QED) is 0.532. The monoisotopic (exact) mass is 287 g/mol. The Balaban J connectivity index is 1.99. The van der Waals surface area contributed by atoms with Gasteiger partial charge >= 0.3 is 11.7 Å². The van der Waals surface area contributed by atoms with Crippen molar-refractivity contribution in [1.29, 1.82) is 0 Å². The first-order valence-corrected chi connectivity index (χ1v) is 5.98. The summed E-state index contributed by atoms with van der Waals surface area (Å²) in [7, 11) is 0. The minimum Gasteiger partial charge on any atom is -0.504 e. The Labute approximate surface area is 118 Å². The fourth-order valence-electron chi connectivity index (χ4n) is 1.83. The van der Waals surface area contributed by atoms with Gasteiger partial charge in [-0.05, 0) is 36.4 Å². The molecule has 0 fully saturated rings. The van der Waals surface area contributed by atoms with Crippen molar-refractivity contribution in [3.63, 3.8) is 0 Å². The second-order valence-corrected chi connectivity index (χ2v) is 4.39. The molecule has 1 heterocycles. The number of nitrogens with one attached hydrogen (secondary N) is 1. The van der Waals surface area contributed by atoms with Crippen molar-refractivity contribution < 1.29 is 29.9 Å². The van der Waals surface area contributed by atoms with Gasteiger partial charge < -0.3 is 20.4 Å². The lowest BCUT2D eigenvalue weighted by Crippen LogP contribution is -2.05. The van der Waals surface area contributed by atoms with Gasteiger partial charge in [0.2, 0.25) is 0 Å². The Morgan fingerprint density at radius 2 is 1.33 bits per heavy atom. The van der Waals surface area contributed by atoms with E-state index < -0.39 is 0 Å². The van der Waals surface area contributed by atoms with Gasteiger partial charge in [0, 0.05) is 0 Å². The fraction of sp³-hybridized carbons (Fsp3) is 0. The smallest absolute Gasteiger partial charge is 0.378 e. The Hall–Kier alpha value is -3.22. The highest BCUT2D eigenvalue weighted by Crippen LogP contribution is 2.31. The number of hydrogen-bond donors (Lipinski definition) is 4. The number of phenolic OH excluding ortho intramolecular Hbond substituents is 4. The average Bonchev–Trinajstić information content (AvgIpc) is 2.94. The molecule has 0 saturated heterocycles. The van der Waals surface area contributed by atoms with Gasteiger partial charge in [0.05, 0.1) is 11.1 Å². The van der Waals surface area contributed by atoms with E-state index in [0.29, 0.717) is 17.0 Å². The first kappa shape index (κ1) is 12.8. The predicted octanol–water partition coefficient (Wildman–Crippen LogP) is 1.65.